The Balaban J connectivity index is 3.41. The molecule has 6 atom stereocenters. The third-order valence-electron chi connectivity index (χ3n) is 5.44. The summed E-state index contributed by atoms with van der Waals surface area (Å²) in [6.07, 6.45) is 8.17. The molecule has 0 amide bonds. The molecule has 6 nitrogen and oxygen atoms in total. The fraction of sp³-hybridized carbons (Fsp3) is 0.625. The molecule has 6 heteroatoms. The number of carbonyl (C=O) groups excluding carboxylic acids is 1. The Morgan fingerprint density at radius 1 is 1.27 bits per heavy atom. The third-order valence-corrected chi connectivity index (χ3v) is 5.44. The molecule has 1 aliphatic heterocycles. The molecule has 0 saturated carbocycles. The number of allylic oxidation sites excluding steroid dienone is 5. The van der Waals surface area contributed by atoms with Crippen LogP contribution >= 0.6 is 0 Å². The number of carbonyl (C=O) groups is 1. The van der Waals surface area contributed by atoms with Gasteiger partial charge in [-0.15, -0.1) is 0 Å². The van der Waals surface area contributed by atoms with E-state index in [-0.39, 0.29) is 30.1 Å². The minimum absolute atomic E-state index is 0.0512. The number of aliphatic hydroxyl groups is 2. The molecular weight excluding hydrogens is 384 g/mol. The van der Waals surface area contributed by atoms with Crippen LogP contribution in [-0.4, -0.2) is 55.3 Å². The van der Waals surface area contributed by atoms with Crippen molar-refractivity contribution in [3.63, 3.8) is 0 Å². The van der Waals surface area contributed by atoms with Crippen molar-refractivity contribution in [2.45, 2.75) is 59.4 Å². The summed E-state index contributed by atoms with van der Waals surface area (Å²) < 4.78 is 16.5. The minimum atomic E-state index is -0.687. The maximum Gasteiger partial charge on any atom is 0.373 e. The van der Waals surface area contributed by atoms with Gasteiger partial charge in [-0.2, -0.15) is 0 Å². The second-order valence-corrected chi connectivity index (χ2v) is 8.28. The molecule has 0 fully saturated rings. The van der Waals surface area contributed by atoms with Crippen LogP contribution in [0.4, 0.5) is 0 Å². The average Bonchev–Trinajstić information content (AvgIpc) is 2.71. The van der Waals surface area contributed by atoms with E-state index in [9.17, 15) is 15.0 Å². The number of rotatable bonds is 4. The zero-order chi connectivity index (χ0) is 22.8. The molecular formula is C24H38O6. The van der Waals surface area contributed by atoms with Gasteiger partial charge < -0.3 is 24.4 Å². The van der Waals surface area contributed by atoms with E-state index in [0.717, 1.165) is 17.6 Å². The Morgan fingerprint density at radius 3 is 2.50 bits per heavy atom. The highest BCUT2D eigenvalue weighted by Gasteiger charge is 2.30. The Labute approximate surface area is 180 Å². The van der Waals surface area contributed by atoms with E-state index in [1.807, 2.05) is 52.0 Å². The van der Waals surface area contributed by atoms with E-state index < -0.39 is 24.3 Å². The van der Waals surface area contributed by atoms with E-state index in [1.54, 1.807) is 13.0 Å². The lowest BCUT2D eigenvalue weighted by molar-refractivity contribution is -0.158. The molecule has 0 radical (unpaired) electrons. The number of esters is 1. The van der Waals surface area contributed by atoms with Crippen LogP contribution in [0.25, 0.3) is 0 Å². The lowest BCUT2D eigenvalue weighted by atomic mass is 9.87. The maximum absolute atomic E-state index is 12.8. The molecule has 0 aromatic rings. The Hall–Kier alpha value is -1.89. The second kappa shape index (κ2) is 12.7. The van der Waals surface area contributed by atoms with E-state index in [1.165, 1.54) is 14.2 Å². The van der Waals surface area contributed by atoms with E-state index in [4.69, 9.17) is 14.2 Å². The summed E-state index contributed by atoms with van der Waals surface area (Å²) in [6, 6.07) is 0. The Morgan fingerprint density at radius 2 is 1.93 bits per heavy atom. The summed E-state index contributed by atoms with van der Waals surface area (Å²) in [5, 5.41) is 20.3. The molecule has 2 N–H and O–H groups in total. The van der Waals surface area contributed by atoms with Gasteiger partial charge in [0.1, 0.15) is 12.2 Å². The van der Waals surface area contributed by atoms with Crippen LogP contribution in [0.2, 0.25) is 0 Å². The zero-order valence-corrected chi connectivity index (χ0v) is 19.3. The molecule has 0 aliphatic carbocycles. The van der Waals surface area contributed by atoms with Crippen molar-refractivity contribution < 1.29 is 29.2 Å². The molecule has 0 aromatic carbocycles. The van der Waals surface area contributed by atoms with Gasteiger partial charge in [0.2, 0.25) is 5.76 Å². The molecule has 0 spiro atoms. The maximum atomic E-state index is 12.8. The zero-order valence-electron chi connectivity index (χ0n) is 19.3. The minimum Gasteiger partial charge on any atom is -0.490 e. The first-order chi connectivity index (χ1) is 14.1. The van der Waals surface area contributed by atoms with Gasteiger partial charge in [0.25, 0.3) is 0 Å². The highest BCUT2D eigenvalue weighted by molar-refractivity contribution is 5.87. The average molecular weight is 423 g/mol. The predicted octanol–water partition coefficient (Wildman–Crippen LogP) is 3.56. The normalized spacial score (nSPS) is 36.9. The fourth-order valence-corrected chi connectivity index (χ4v) is 3.63. The molecule has 30 heavy (non-hydrogen) atoms. The van der Waals surface area contributed by atoms with Crippen molar-refractivity contribution in [2.24, 2.45) is 17.8 Å². The lowest BCUT2D eigenvalue weighted by Crippen LogP contribution is -2.39. The van der Waals surface area contributed by atoms with Gasteiger partial charge in [0.05, 0.1) is 13.2 Å². The second-order valence-electron chi connectivity index (χ2n) is 8.28. The molecule has 0 saturated heterocycles. The highest BCUT2D eigenvalue weighted by Crippen LogP contribution is 2.24. The van der Waals surface area contributed by atoms with Crippen LogP contribution in [0.3, 0.4) is 0 Å². The van der Waals surface area contributed by atoms with Gasteiger partial charge in [-0.3, -0.25) is 0 Å². The van der Waals surface area contributed by atoms with Gasteiger partial charge in [-0.1, -0.05) is 56.2 Å². The summed E-state index contributed by atoms with van der Waals surface area (Å²) in [5.41, 5.74) is 1.91. The number of ether oxygens (including phenoxy) is 3. The Kier molecular flexibility index (Phi) is 11.1. The molecule has 1 heterocycles. The van der Waals surface area contributed by atoms with Gasteiger partial charge in [-0.05, 0) is 32.3 Å². The molecule has 1 rings (SSSR count). The largest absolute Gasteiger partial charge is 0.490 e. The molecule has 0 bridgehead atoms. The third kappa shape index (κ3) is 7.74. The van der Waals surface area contributed by atoms with Crippen molar-refractivity contribution in [3.8, 4) is 0 Å². The van der Waals surface area contributed by atoms with Crippen LogP contribution in [-0.2, 0) is 19.0 Å². The summed E-state index contributed by atoms with van der Waals surface area (Å²) >= 11 is 0. The van der Waals surface area contributed by atoms with Crippen LogP contribution < -0.4 is 0 Å². The van der Waals surface area contributed by atoms with Crippen LogP contribution in [0.1, 0.15) is 41.0 Å². The molecule has 0 unspecified atom stereocenters. The van der Waals surface area contributed by atoms with E-state index >= 15 is 0 Å². The standard InChI is InChI=1S/C24H38O6/c1-15-9-8-10-20(28-6)23(19(5)14-25)30-24(27)21(29-7)13-16(2)12-18(4)22(26)17(3)11-15/h8-10,12-13,17-20,22-23,25-26H,11,14H2,1-7H3/b10-8+,15-9+,16-12+,21-13-/t17-,18+,19-,20-,22-,23+/m0/s1. The van der Waals surface area contributed by atoms with E-state index in [0.29, 0.717) is 0 Å². The first-order valence-electron chi connectivity index (χ1n) is 10.4. The van der Waals surface area contributed by atoms with Crippen LogP contribution in [0.5, 0.6) is 0 Å². The van der Waals surface area contributed by atoms with Crippen molar-refractivity contribution in [3.05, 3.63) is 47.3 Å². The summed E-state index contributed by atoms with van der Waals surface area (Å²) in [5.74, 6) is -0.946. The fourth-order valence-electron chi connectivity index (χ4n) is 3.63. The quantitative estimate of drug-likeness (QED) is 0.674. The van der Waals surface area contributed by atoms with Crippen LogP contribution in [0, 0.1) is 17.8 Å². The smallest absolute Gasteiger partial charge is 0.373 e. The molecule has 0 aromatic heterocycles. The van der Waals surface area contributed by atoms with Gasteiger partial charge in [-0.25, -0.2) is 4.79 Å². The first kappa shape index (κ1) is 26.1. The van der Waals surface area contributed by atoms with Crippen molar-refractivity contribution in [1.82, 2.24) is 0 Å². The number of aliphatic hydroxyl groups excluding tert-OH is 2. The van der Waals surface area contributed by atoms with Crippen LogP contribution in [0.15, 0.2) is 47.3 Å². The Bertz CT molecular complexity index is 675. The predicted molar refractivity (Wildman–Crippen MR) is 118 cm³/mol. The van der Waals surface area contributed by atoms with Gasteiger partial charge in [0, 0.05) is 25.6 Å². The molecule has 170 valence electrons. The number of cyclic esters (lactones) is 1. The van der Waals surface area contributed by atoms with Crippen molar-refractivity contribution in [2.75, 3.05) is 20.8 Å². The lowest BCUT2D eigenvalue weighted by Gasteiger charge is -2.28. The summed E-state index contributed by atoms with van der Waals surface area (Å²) in [4.78, 5) is 12.8. The van der Waals surface area contributed by atoms with Gasteiger partial charge >= 0.3 is 5.97 Å². The number of hydrogen-bond donors (Lipinski definition) is 2. The number of methoxy groups -OCH3 is 2. The summed E-state index contributed by atoms with van der Waals surface area (Å²) in [7, 11) is 2.94. The van der Waals surface area contributed by atoms with Crippen molar-refractivity contribution in [1.29, 1.82) is 0 Å². The molecule has 1 aliphatic rings. The monoisotopic (exact) mass is 422 g/mol. The first-order valence-corrected chi connectivity index (χ1v) is 10.4. The van der Waals surface area contributed by atoms with Gasteiger partial charge in [0.15, 0.2) is 0 Å². The number of hydrogen-bond acceptors (Lipinski definition) is 6. The SMILES string of the molecule is CO/C1=C\C(C)=C\[C@@H](C)[C@@H](O)[C@@H](C)C/C(C)=C/C=C/[C@H](OC)[C@@H]([C@@H](C)CO)OC1=O. The summed E-state index contributed by atoms with van der Waals surface area (Å²) in [6.45, 7) is 9.49. The topological polar surface area (TPSA) is 85.2 Å². The van der Waals surface area contributed by atoms with E-state index in [2.05, 4.69) is 0 Å². The van der Waals surface area contributed by atoms with Crippen molar-refractivity contribution >= 4 is 5.97 Å². The highest BCUT2D eigenvalue weighted by atomic mass is 16.6.